The van der Waals surface area contributed by atoms with Gasteiger partial charge in [0, 0.05) is 34.8 Å². The minimum absolute atomic E-state index is 0.104. The zero-order valence-electron chi connectivity index (χ0n) is 31.2. The van der Waals surface area contributed by atoms with Crippen molar-refractivity contribution in [3.8, 4) is 22.5 Å². The second-order valence-corrected chi connectivity index (χ2v) is 17.1. The number of esters is 1. The summed E-state index contributed by atoms with van der Waals surface area (Å²) in [6, 6.07) is 18.4. The SMILES string of the molecule is C[C@@H](NC(=O)[C@H](Cc1ccc(-c2ncc(-c3ccc([C@H]4CC[C@H](C)CC4)cc3)cn2)cc1)NC(=O)c1ccc(C(C)(C)C)s1)C(=O)OC(C)(C)C. The van der Waals surface area contributed by atoms with Crippen LogP contribution in [-0.2, 0) is 26.2 Å². The van der Waals surface area contributed by atoms with E-state index >= 15 is 0 Å². The minimum atomic E-state index is -0.933. The van der Waals surface area contributed by atoms with E-state index in [9.17, 15) is 14.4 Å². The quantitative estimate of drug-likeness (QED) is 0.160. The van der Waals surface area contributed by atoms with Crippen molar-refractivity contribution in [3.63, 3.8) is 0 Å². The summed E-state index contributed by atoms with van der Waals surface area (Å²) >= 11 is 1.41. The molecule has 0 spiro atoms. The first kappa shape index (κ1) is 37.9. The zero-order chi connectivity index (χ0) is 36.9. The largest absolute Gasteiger partial charge is 0.458 e. The van der Waals surface area contributed by atoms with Gasteiger partial charge >= 0.3 is 5.97 Å². The molecule has 5 rings (SSSR count). The zero-order valence-corrected chi connectivity index (χ0v) is 32.0. The molecule has 270 valence electrons. The Morgan fingerprint density at radius 3 is 1.98 bits per heavy atom. The van der Waals surface area contributed by atoms with Gasteiger partial charge in [-0.25, -0.2) is 14.8 Å². The number of nitrogens with one attached hydrogen (secondary N) is 2. The lowest BCUT2D eigenvalue weighted by Crippen LogP contribution is -2.52. The molecule has 2 heterocycles. The van der Waals surface area contributed by atoms with Gasteiger partial charge in [0.1, 0.15) is 17.7 Å². The average molecular weight is 709 g/mol. The van der Waals surface area contributed by atoms with Crippen LogP contribution in [0.15, 0.2) is 73.1 Å². The van der Waals surface area contributed by atoms with Crippen molar-refractivity contribution in [1.29, 1.82) is 0 Å². The number of nitrogens with zero attached hydrogens (tertiary/aromatic N) is 2. The molecule has 0 bridgehead atoms. The van der Waals surface area contributed by atoms with Gasteiger partial charge in [0.25, 0.3) is 5.91 Å². The third kappa shape index (κ3) is 10.3. The smallest absolute Gasteiger partial charge is 0.328 e. The summed E-state index contributed by atoms with van der Waals surface area (Å²) < 4.78 is 5.45. The predicted octanol–water partition coefficient (Wildman–Crippen LogP) is 8.65. The fourth-order valence-corrected chi connectivity index (χ4v) is 7.22. The van der Waals surface area contributed by atoms with Crippen molar-refractivity contribution >= 4 is 29.1 Å². The summed E-state index contributed by atoms with van der Waals surface area (Å²) in [7, 11) is 0. The number of aromatic nitrogens is 2. The van der Waals surface area contributed by atoms with Gasteiger partial charge in [0.2, 0.25) is 5.91 Å². The first-order valence-electron chi connectivity index (χ1n) is 18.0. The molecule has 2 amide bonds. The van der Waals surface area contributed by atoms with E-state index in [1.54, 1.807) is 33.8 Å². The molecular formula is C42H52N4O4S. The minimum Gasteiger partial charge on any atom is -0.458 e. The maximum absolute atomic E-state index is 13.6. The van der Waals surface area contributed by atoms with Crippen LogP contribution >= 0.6 is 11.3 Å². The third-order valence-corrected chi connectivity index (χ3v) is 10.9. The number of hydrogen-bond donors (Lipinski definition) is 2. The summed E-state index contributed by atoms with van der Waals surface area (Å²) in [4.78, 5) is 50.5. The Kier molecular flexibility index (Phi) is 11.8. The van der Waals surface area contributed by atoms with Gasteiger partial charge in [-0.3, -0.25) is 9.59 Å². The van der Waals surface area contributed by atoms with Gasteiger partial charge < -0.3 is 15.4 Å². The number of hydrogen-bond acceptors (Lipinski definition) is 7. The Morgan fingerprint density at radius 1 is 0.804 bits per heavy atom. The number of ether oxygens (including phenoxy) is 1. The van der Waals surface area contributed by atoms with Crippen molar-refractivity contribution in [2.24, 2.45) is 5.92 Å². The molecule has 1 fully saturated rings. The lowest BCUT2D eigenvalue weighted by atomic mass is 9.79. The normalized spacial score (nSPS) is 17.6. The number of amides is 2. The highest BCUT2D eigenvalue weighted by Crippen LogP contribution is 2.36. The maximum atomic E-state index is 13.6. The molecule has 2 aromatic heterocycles. The fraction of sp³-hybridized carbons (Fsp3) is 0.452. The van der Waals surface area contributed by atoms with Crippen LogP contribution in [-0.4, -0.2) is 45.4 Å². The fourth-order valence-electron chi connectivity index (χ4n) is 6.26. The summed E-state index contributed by atoms with van der Waals surface area (Å²) in [6.07, 6.45) is 9.06. The Bertz CT molecular complexity index is 1790. The lowest BCUT2D eigenvalue weighted by Gasteiger charge is -2.26. The molecule has 9 heteroatoms. The third-order valence-electron chi connectivity index (χ3n) is 9.34. The van der Waals surface area contributed by atoms with Gasteiger partial charge in [-0.1, -0.05) is 89.1 Å². The summed E-state index contributed by atoms with van der Waals surface area (Å²) in [6.45, 7) is 15.5. The van der Waals surface area contributed by atoms with E-state index in [1.807, 2.05) is 42.7 Å². The van der Waals surface area contributed by atoms with Crippen LogP contribution in [0.1, 0.15) is 113 Å². The molecule has 0 unspecified atom stereocenters. The predicted molar refractivity (Wildman–Crippen MR) is 205 cm³/mol. The number of rotatable bonds is 10. The Balaban J connectivity index is 1.27. The molecule has 51 heavy (non-hydrogen) atoms. The van der Waals surface area contributed by atoms with Gasteiger partial charge in [-0.15, -0.1) is 11.3 Å². The van der Waals surface area contributed by atoms with Gasteiger partial charge in [-0.05, 0) is 86.6 Å². The molecule has 8 nitrogen and oxygen atoms in total. The first-order chi connectivity index (χ1) is 24.1. The van der Waals surface area contributed by atoms with Crippen LogP contribution in [0.3, 0.4) is 0 Å². The molecule has 0 aliphatic heterocycles. The second kappa shape index (κ2) is 15.9. The van der Waals surface area contributed by atoms with E-state index in [0.29, 0.717) is 16.6 Å². The number of carbonyl (C=O) groups excluding carboxylic acids is 3. The Hall–Kier alpha value is -4.37. The van der Waals surface area contributed by atoms with E-state index < -0.39 is 29.6 Å². The van der Waals surface area contributed by atoms with E-state index in [4.69, 9.17) is 4.74 Å². The summed E-state index contributed by atoms with van der Waals surface area (Å²) in [5.41, 5.74) is 4.34. The number of benzene rings is 2. The summed E-state index contributed by atoms with van der Waals surface area (Å²) in [5.74, 6) is 0.724. The van der Waals surface area contributed by atoms with E-state index in [2.05, 4.69) is 72.6 Å². The molecule has 1 aliphatic carbocycles. The maximum Gasteiger partial charge on any atom is 0.328 e. The van der Waals surface area contributed by atoms with Crippen molar-refractivity contribution in [2.45, 2.75) is 117 Å². The monoisotopic (exact) mass is 708 g/mol. The highest BCUT2D eigenvalue weighted by molar-refractivity contribution is 7.14. The second-order valence-electron chi connectivity index (χ2n) is 16.0. The van der Waals surface area contributed by atoms with Crippen LogP contribution in [0.5, 0.6) is 0 Å². The number of thiophene rings is 1. The van der Waals surface area contributed by atoms with Gasteiger partial charge in [-0.2, -0.15) is 0 Å². The molecule has 4 aromatic rings. The Labute approximate surface area is 306 Å². The standard InChI is InChI=1S/C42H52N4O4S/c1-26-9-13-29(14-10-26)30-17-19-31(20-18-30)33-24-43-37(44-25-33)32-15-11-28(12-16-32)23-34(38(47)45-27(2)40(49)50-42(6,7)8)46-39(48)35-21-22-36(51-35)41(3,4)5/h11-12,15-22,24-27,29,34H,9-10,13-14,23H2,1-8H3,(H,45,47)(H,46,48)/t26-,27-,29-,34+/m1/s1. The van der Waals surface area contributed by atoms with E-state index in [-0.39, 0.29) is 17.7 Å². The van der Waals surface area contributed by atoms with Crippen LogP contribution in [0.25, 0.3) is 22.5 Å². The molecule has 2 aromatic carbocycles. The average Bonchev–Trinajstić information content (AvgIpc) is 3.60. The van der Waals surface area contributed by atoms with Crippen LogP contribution in [0.2, 0.25) is 0 Å². The highest BCUT2D eigenvalue weighted by Gasteiger charge is 2.29. The van der Waals surface area contributed by atoms with Crippen LogP contribution in [0.4, 0.5) is 0 Å². The van der Waals surface area contributed by atoms with Crippen molar-refractivity contribution in [2.75, 3.05) is 0 Å². The van der Waals surface area contributed by atoms with Crippen molar-refractivity contribution < 1.29 is 19.1 Å². The van der Waals surface area contributed by atoms with Crippen LogP contribution < -0.4 is 10.6 Å². The molecule has 1 saturated carbocycles. The van der Waals surface area contributed by atoms with Gasteiger partial charge in [0.05, 0.1) is 4.88 Å². The van der Waals surface area contributed by atoms with E-state index in [1.165, 1.54) is 42.6 Å². The van der Waals surface area contributed by atoms with Gasteiger partial charge in [0.15, 0.2) is 5.82 Å². The Morgan fingerprint density at radius 2 is 1.41 bits per heavy atom. The molecule has 0 radical (unpaired) electrons. The van der Waals surface area contributed by atoms with Crippen molar-refractivity contribution in [1.82, 2.24) is 20.6 Å². The topological polar surface area (TPSA) is 110 Å². The highest BCUT2D eigenvalue weighted by atomic mass is 32.1. The molecule has 2 N–H and O–H groups in total. The molecular weight excluding hydrogens is 657 g/mol. The first-order valence-corrected chi connectivity index (χ1v) is 18.8. The number of carbonyl (C=O) groups is 3. The molecule has 0 saturated heterocycles. The van der Waals surface area contributed by atoms with E-state index in [0.717, 1.165) is 33.0 Å². The molecule has 1 aliphatic rings. The molecule has 2 atom stereocenters. The van der Waals surface area contributed by atoms with Crippen LogP contribution in [0, 0.1) is 5.92 Å². The summed E-state index contributed by atoms with van der Waals surface area (Å²) in [5, 5.41) is 5.65. The lowest BCUT2D eigenvalue weighted by molar-refractivity contribution is -0.158. The van der Waals surface area contributed by atoms with Crippen molar-refractivity contribution in [3.05, 3.63) is 93.9 Å².